The van der Waals surface area contributed by atoms with Crippen molar-refractivity contribution in [2.75, 3.05) is 0 Å². The third-order valence-electron chi connectivity index (χ3n) is 4.87. The molecule has 30 heavy (non-hydrogen) atoms. The molecular formula is C24H22N4O2. The summed E-state index contributed by atoms with van der Waals surface area (Å²) in [6.07, 6.45) is 1.75. The molecule has 4 aromatic rings. The molecule has 2 aromatic carbocycles. The van der Waals surface area contributed by atoms with Gasteiger partial charge in [-0.2, -0.15) is 5.10 Å². The van der Waals surface area contributed by atoms with Gasteiger partial charge in [-0.25, -0.2) is 4.68 Å². The fourth-order valence-electron chi connectivity index (χ4n) is 3.36. The number of pyridine rings is 1. The quantitative estimate of drug-likeness (QED) is 0.552. The van der Waals surface area contributed by atoms with Gasteiger partial charge in [0.15, 0.2) is 5.69 Å². The van der Waals surface area contributed by atoms with Crippen molar-refractivity contribution >= 4 is 16.7 Å². The highest BCUT2D eigenvalue weighted by molar-refractivity contribution is 6.04. The molecule has 0 aliphatic carbocycles. The molecule has 0 aliphatic rings. The summed E-state index contributed by atoms with van der Waals surface area (Å²) in [4.78, 5) is 30.0. The molecule has 0 spiro atoms. The van der Waals surface area contributed by atoms with Crippen LogP contribution >= 0.6 is 0 Å². The van der Waals surface area contributed by atoms with E-state index in [0.717, 1.165) is 16.8 Å². The highest BCUT2D eigenvalue weighted by atomic mass is 16.2. The molecule has 2 aromatic heterocycles. The molecule has 1 N–H and O–H groups in total. The van der Waals surface area contributed by atoms with E-state index in [4.69, 9.17) is 0 Å². The Morgan fingerprint density at radius 3 is 2.50 bits per heavy atom. The number of fused-ring (bicyclic) bond motifs is 1. The Bertz CT molecular complexity index is 1260. The summed E-state index contributed by atoms with van der Waals surface area (Å²) in [5.74, 6) is -0.316. The van der Waals surface area contributed by atoms with Crippen LogP contribution < -0.4 is 10.9 Å². The molecule has 0 saturated heterocycles. The van der Waals surface area contributed by atoms with E-state index < -0.39 is 0 Å². The first kappa shape index (κ1) is 19.5. The standard InChI is InChI=1S/C24H22N4O2/c1-16(2)28-24(30)20-11-4-3-10-19(20)22(27-28)23(29)26-15-17-8-7-9-18(14-17)21-12-5-6-13-25-21/h3-14,16H,15H2,1-2H3,(H,26,29). The molecule has 1 amide bonds. The molecule has 2 heterocycles. The normalized spacial score (nSPS) is 11.0. The van der Waals surface area contributed by atoms with Crippen LogP contribution in [0.4, 0.5) is 0 Å². The van der Waals surface area contributed by atoms with E-state index in [1.165, 1.54) is 4.68 Å². The first-order valence-corrected chi connectivity index (χ1v) is 9.84. The Morgan fingerprint density at radius 2 is 1.77 bits per heavy atom. The highest BCUT2D eigenvalue weighted by Crippen LogP contribution is 2.18. The van der Waals surface area contributed by atoms with Crippen molar-refractivity contribution in [3.05, 3.63) is 94.5 Å². The number of aromatic nitrogens is 3. The van der Waals surface area contributed by atoms with Crippen LogP contribution in [0, 0.1) is 0 Å². The number of hydrogen-bond donors (Lipinski definition) is 1. The van der Waals surface area contributed by atoms with E-state index in [2.05, 4.69) is 15.4 Å². The Labute approximate surface area is 174 Å². The van der Waals surface area contributed by atoms with Gasteiger partial charge in [-0.05, 0) is 43.7 Å². The average molecular weight is 398 g/mol. The molecule has 0 atom stereocenters. The van der Waals surface area contributed by atoms with Crippen molar-refractivity contribution in [3.8, 4) is 11.3 Å². The highest BCUT2D eigenvalue weighted by Gasteiger charge is 2.17. The fraction of sp³-hybridized carbons (Fsp3) is 0.167. The van der Waals surface area contributed by atoms with Gasteiger partial charge >= 0.3 is 0 Å². The number of carbonyl (C=O) groups excluding carboxylic acids is 1. The third kappa shape index (κ3) is 3.85. The molecule has 0 aliphatic heterocycles. The summed E-state index contributed by atoms with van der Waals surface area (Å²) in [5, 5.41) is 8.34. The molecule has 0 saturated carbocycles. The van der Waals surface area contributed by atoms with Crippen LogP contribution in [0.15, 0.2) is 77.7 Å². The van der Waals surface area contributed by atoms with Gasteiger partial charge in [0.1, 0.15) is 0 Å². The van der Waals surface area contributed by atoms with E-state index in [0.29, 0.717) is 17.3 Å². The summed E-state index contributed by atoms with van der Waals surface area (Å²) < 4.78 is 1.36. The first-order chi connectivity index (χ1) is 14.5. The topological polar surface area (TPSA) is 76.9 Å². The van der Waals surface area contributed by atoms with Gasteiger partial charge in [-0.3, -0.25) is 14.6 Å². The Morgan fingerprint density at radius 1 is 1.00 bits per heavy atom. The van der Waals surface area contributed by atoms with Crippen LogP contribution in [0.3, 0.4) is 0 Å². The monoisotopic (exact) mass is 398 g/mol. The van der Waals surface area contributed by atoms with Gasteiger partial charge < -0.3 is 5.32 Å². The second-order valence-electron chi connectivity index (χ2n) is 7.34. The van der Waals surface area contributed by atoms with Gasteiger partial charge in [0.25, 0.3) is 11.5 Å². The van der Waals surface area contributed by atoms with Gasteiger partial charge in [-0.1, -0.05) is 42.5 Å². The number of carbonyl (C=O) groups is 1. The van der Waals surface area contributed by atoms with Gasteiger partial charge in [-0.15, -0.1) is 0 Å². The summed E-state index contributed by atoms with van der Waals surface area (Å²) >= 11 is 0. The predicted octanol–water partition coefficient (Wildman–Crippen LogP) is 3.97. The lowest BCUT2D eigenvalue weighted by molar-refractivity contribution is 0.0945. The van der Waals surface area contributed by atoms with Crippen LogP contribution in [0.2, 0.25) is 0 Å². The lowest BCUT2D eigenvalue weighted by atomic mass is 10.1. The third-order valence-corrected chi connectivity index (χ3v) is 4.87. The van der Waals surface area contributed by atoms with Crippen LogP contribution in [-0.4, -0.2) is 20.7 Å². The number of nitrogens with zero attached hydrogens (tertiary/aromatic N) is 3. The van der Waals surface area contributed by atoms with Crippen molar-refractivity contribution < 1.29 is 4.79 Å². The molecule has 6 heteroatoms. The lowest BCUT2D eigenvalue weighted by Crippen LogP contribution is -2.31. The molecule has 0 fully saturated rings. The Kier molecular flexibility index (Phi) is 5.39. The maximum atomic E-state index is 13.0. The summed E-state index contributed by atoms with van der Waals surface area (Å²) in [7, 11) is 0. The Balaban J connectivity index is 1.62. The van der Waals surface area contributed by atoms with Crippen molar-refractivity contribution in [3.63, 3.8) is 0 Å². The minimum Gasteiger partial charge on any atom is -0.347 e. The van der Waals surface area contributed by atoms with Crippen molar-refractivity contribution in [1.29, 1.82) is 0 Å². The molecule has 6 nitrogen and oxygen atoms in total. The molecular weight excluding hydrogens is 376 g/mol. The number of benzene rings is 2. The minimum atomic E-state index is -0.316. The zero-order valence-corrected chi connectivity index (χ0v) is 16.9. The van der Waals surface area contributed by atoms with Gasteiger partial charge in [0.05, 0.1) is 17.1 Å². The summed E-state index contributed by atoms with van der Waals surface area (Å²) in [6, 6.07) is 20.6. The van der Waals surface area contributed by atoms with Crippen molar-refractivity contribution in [2.45, 2.75) is 26.4 Å². The maximum Gasteiger partial charge on any atom is 0.274 e. The van der Waals surface area contributed by atoms with E-state index in [1.807, 2.05) is 56.3 Å². The van der Waals surface area contributed by atoms with E-state index in [-0.39, 0.29) is 23.2 Å². The van der Waals surface area contributed by atoms with Gasteiger partial charge in [0.2, 0.25) is 0 Å². The lowest BCUT2D eigenvalue weighted by Gasteiger charge is -2.13. The predicted molar refractivity (Wildman–Crippen MR) is 117 cm³/mol. The van der Waals surface area contributed by atoms with Crippen LogP contribution in [0.5, 0.6) is 0 Å². The molecule has 4 rings (SSSR count). The maximum absolute atomic E-state index is 13.0. The van der Waals surface area contributed by atoms with E-state index in [9.17, 15) is 9.59 Å². The number of rotatable bonds is 5. The second kappa shape index (κ2) is 8.29. The van der Waals surface area contributed by atoms with Crippen LogP contribution in [0.1, 0.15) is 35.9 Å². The SMILES string of the molecule is CC(C)n1nc(C(=O)NCc2cccc(-c3ccccn3)c2)c2ccccc2c1=O. The van der Waals surface area contributed by atoms with E-state index in [1.54, 1.807) is 30.5 Å². The smallest absolute Gasteiger partial charge is 0.274 e. The van der Waals surface area contributed by atoms with Crippen molar-refractivity contribution in [1.82, 2.24) is 20.1 Å². The van der Waals surface area contributed by atoms with Crippen LogP contribution in [0.25, 0.3) is 22.0 Å². The van der Waals surface area contributed by atoms with Crippen molar-refractivity contribution in [2.24, 2.45) is 0 Å². The zero-order valence-electron chi connectivity index (χ0n) is 16.9. The average Bonchev–Trinajstić information content (AvgIpc) is 2.78. The van der Waals surface area contributed by atoms with Gasteiger partial charge in [0, 0.05) is 23.7 Å². The number of hydrogen-bond acceptors (Lipinski definition) is 4. The molecule has 0 bridgehead atoms. The molecule has 0 unspecified atom stereocenters. The Hall–Kier alpha value is -3.80. The number of nitrogens with one attached hydrogen (secondary N) is 1. The number of amides is 1. The summed E-state index contributed by atoms with van der Waals surface area (Å²) in [5.41, 5.74) is 2.87. The summed E-state index contributed by atoms with van der Waals surface area (Å²) in [6.45, 7) is 4.08. The minimum absolute atomic E-state index is 0.149. The first-order valence-electron chi connectivity index (χ1n) is 9.84. The second-order valence-corrected chi connectivity index (χ2v) is 7.34. The van der Waals surface area contributed by atoms with Crippen LogP contribution in [-0.2, 0) is 6.54 Å². The zero-order chi connectivity index (χ0) is 21.1. The fourth-order valence-corrected chi connectivity index (χ4v) is 3.36. The molecule has 150 valence electrons. The molecule has 0 radical (unpaired) electrons. The van der Waals surface area contributed by atoms with E-state index >= 15 is 0 Å². The largest absolute Gasteiger partial charge is 0.347 e.